The third-order valence-electron chi connectivity index (χ3n) is 4.50. The zero-order chi connectivity index (χ0) is 17.4. The summed E-state index contributed by atoms with van der Waals surface area (Å²) in [5, 5.41) is -0.305. The Balaban J connectivity index is 3.35. The van der Waals surface area contributed by atoms with Crippen molar-refractivity contribution in [1.82, 2.24) is 0 Å². The molecule has 1 aromatic rings. The molecule has 22 heavy (non-hydrogen) atoms. The first-order valence-electron chi connectivity index (χ1n) is 7.24. The number of halogens is 3. The molecule has 0 aliphatic heterocycles. The maximum Gasteiger partial charge on any atom is 0.420 e. The van der Waals surface area contributed by atoms with Gasteiger partial charge in [0.15, 0.2) is 13.9 Å². The van der Waals surface area contributed by atoms with E-state index in [1.54, 1.807) is 18.2 Å². The first kappa shape index (κ1) is 19.0. The van der Waals surface area contributed by atoms with E-state index in [1.807, 2.05) is 33.9 Å². The molecular formula is C17H25F3OSi. The average Bonchev–Trinajstić information content (AvgIpc) is 2.35. The molecule has 1 atom stereocenters. The topological polar surface area (TPSA) is 9.23 Å². The minimum Gasteiger partial charge on any atom is -0.400 e. The summed E-state index contributed by atoms with van der Waals surface area (Å²) in [4.78, 5) is 0. The molecule has 0 fully saturated rings. The highest BCUT2D eigenvalue weighted by atomic mass is 28.4. The Labute approximate surface area is 132 Å². The summed E-state index contributed by atoms with van der Waals surface area (Å²) in [6.07, 6.45) is -2.89. The highest BCUT2D eigenvalue weighted by molar-refractivity contribution is 6.74. The first-order valence-corrected chi connectivity index (χ1v) is 10.2. The molecule has 0 amide bonds. The van der Waals surface area contributed by atoms with Crippen molar-refractivity contribution in [1.29, 1.82) is 0 Å². The number of rotatable bonds is 4. The summed E-state index contributed by atoms with van der Waals surface area (Å²) >= 11 is 0. The van der Waals surface area contributed by atoms with Crippen molar-refractivity contribution in [3.05, 3.63) is 42.0 Å². The smallest absolute Gasteiger partial charge is 0.400 e. The van der Waals surface area contributed by atoms with E-state index in [2.05, 4.69) is 6.58 Å². The van der Waals surface area contributed by atoms with Gasteiger partial charge in [-0.05, 0) is 36.2 Å². The summed E-state index contributed by atoms with van der Waals surface area (Å²) in [7, 11) is -2.59. The number of hydrogen-bond acceptors (Lipinski definition) is 1. The number of alkyl halides is 3. The van der Waals surface area contributed by atoms with Crippen LogP contribution >= 0.6 is 0 Å². The van der Waals surface area contributed by atoms with Crippen LogP contribution in [0.15, 0.2) is 30.8 Å². The largest absolute Gasteiger partial charge is 0.420 e. The van der Waals surface area contributed by atoms with Gasteiger partial charge < -0.3 is 4.43 Å². The van der Waals surface area contributed by atoms with Crippen LogP contribution in [0.2, 0.25) is 18.1 Å². The van der Waals surface area contributed by atoms with Gasteiger partial charge in [-0.25, -0.2) is 0 Å². The van der Waals surface area contributed by atoms with Crippen LogP contribution in [0.3, 0.4) is 0 Å². The lowest BCUT2D eigenvalue weighted by molar-refractivity contribution is -0.251. The van der Waals surface area contributed by atoms with E-state index in [0.29, 0.717) is 0 Å². The van der Waals surface area contributed by atoms with Gasteiger partial charge in [-0.1, -0.05) is 57.7 Å². The molecule has 0 bridgehead atoms. The molecule has 0 saturated heterocycles. The van der Waals surface area contributed by atoms with Crippen molar-refractivity contribution in [2.75, 3.05) is 0 Å². The van der Waals surface area contributed by atoms with Crippen molar-refractivity contribution in [2.24, 2.45) is 0 Å². The average molecular weight is 330 g/mol. The van der Waals surface area contributed by atoms with Gasteiger partial charge in [0.05, 0.1) is 0 Å². The lowest BCUT2D eigenvalue weighted by Gasteiger charge is -2.45. The number of hydrogen-bond donors (Lipinski definition) is 0. The highest BCUT2D eigenvalue weighted by Crippen LogP contribution is 2.48. The van der Waals surface area contributed by atoms with Crippen molar-refractivity contribution < 1.29 is 17.6 Å². The van der Waals surface area contributed by atoms with Crippen molar-refractivity contribution in [2.45, 2.75) is 57.6 Å². The second kappa shape index (κ2) is 5.85. The molecule has 0 heterocycles. The van der Waals surface area contributed by atoms with Gasteiger partial charge in [0.2, 0.25) is 0 Å². The quantitative estimate of drug-likeness (QED) is 0.603. The van der Waals surface area contributed by atoms with Gasteiger partial charge >= 0.3 is 6.18 Å². The summed E-state index contributed by atoms with van der Waals surface area (Å²) in [6, 6.07) is 6.19. The Morgan fingerprint density at radius 3 is 1.77 bits per heavy atom. The van der Waals surface area contributed by atoms with Gasteiger partial charge in [-0.3, -0.25) is 0 Å². The minimum absolute atomic E-state index is 0.121. The van der Waals surface area contributed by atoms with Gasteiger partial charge in [0, 0.05) is 0 Å². The van der Waals surface area contributed by atoms with Gasteiger partial charge in [-0.15, -0.1) is 0 Å². The monoisotopic (exact) mass is 330 g/mol. The second-order valence-electron chi connectivity index (χ2n) is 7.22. The van der Waals surface area contributed by atoms with Gasteiger partial charge in [0.1, 0.15) is 0 Å². The molecule has 1 nitrogen and oxygen atoms in total. The van der Waals surface area contributed by atoms with Gasteiger partial charge in [0.25, 0.3) is 0 Å². The van der Waals surface area contributed by atoms with Crippen LogP contribution in [0.25, 0.3) is 6.08 Å². The van der Waals surface area contributed by atoms with E-state index in [-0.39, 0.29) is 10.6 Å². The molecule has 0 radical (unpaired) electrons. The Hall–Kier alpha value is -1.07. The van der Waals surface area contributed by atoms with E-state index in [1.165, 1.54) is 12.1 Å². The van der Waals surface area contributed by atoms with Crippen molar-refractivity contribution in [3.8, 4) is 0 Å². The third-order valence-corrected chi connectivity index (χ3v) is 9.03. The lowest BCUT2D eigenvalue weighted by Crippen LogP contribution is -2.53. The molecule has 1 aromatic carbocycles. The van der Waals surface area contributed by atoms with E-state index in [4.69, 9.17) is 4.43 Å². The standard InChI is InChI=1S/C17H25F3OSi/c1-8-13-9-11-14(12-10-13)16(5,17(18,19)20)21-22(6,7)15(2,3)4/h8-12H,1H2,2-7H3. The van der Waals surface area contributed by atoms with E-state index >= 15 is 0 Å². The fraction of sp³-hybridized carbons (Fsp3) is 0.529. The molecule has 0 aromatic heterocycles. The Morgan fingerprint density at radius 2 is 1.45 bits per heavy atom. The van der Waals surface area contributed by atoms with Gasteiger partial charge in [-0.2, -0.15) is 13.2 Å². The molecule has 1 rings (SSSR count). The Bertz CT molecular complexity index is 526. The molecule has 5 heteroatoms. The van der Waals surface area contributed by atoms with Crippen LogP contribution in [-0.4, -0.2) is 14.5 Å². The van der Waals surface area contributed by atoms with Crippen molar-refractivity contribution in [3.63, 3.8) is 0 Å². The fourth-order valence-corrected chi connectivity index (χ4v) is 3.44. The van der Waals surface area contributed by atoms with Crippen molar-refractivity contribution >= 4 is 14.4 Å². The maximum atomic E-state index is 13.8. The predicted octanol–water partition coefficient (Wildman–Crippen LogP) is 6.13. The fourth-order valence-electron chi connectivity index (χ4n) is 1.88. The highest BCUT2D eigenvalue weighted by Gasteiger charge is 2.57. The van der Waals surface area contributed by atoms with Crippen LogP contribution < -0.4 is 0 Å². The Kier molecular flexibility index (Phi) is 5.05. The normalized spacial score (nSPS) is 16.2. The minimum atomic E-state index is -4.49. The lowest BCUT2D eigenvalue weighted by atomic mass is 9.94. The van der Waals surface area contributed by atoms with Crippen LogP contribution in [0, 0.1) is 0 Å². The molecule has 0 aliphatic carbocycles. The predicted molar refractivity (Wildman–Crippen MR) is 88.2 cm³/mol. The molecule has 0 N–H and O–H groups in total. The van der Waals surface area contributed by atoms with E-state index < -0.39 is 20.1 Å². The summed E-state index contributed by atoms with van der Waals surface area (Å²) in [5.41, 5.74) is -1.41. The SMILES string of the molecule is C=Cc1ccc(C(C)(O[Si](C)(C)C(C)(C)C)C(F)(F)F)cc1. The second-order valence-corrected chi connectivity index (χ2v) is 11.9. The molecule has 1 unspecified atom stereocenters. The summed E-state index contributed by atoms with van der Waals surface area (Å²) in [6.45, 7) is 14.2. The maximum absolute atomic E-state index is 13.8. The summed E-state index contributed by atoms with van der Waals surface area (Å²) < 4.78 is 47.1. The zero-order valence-electron chi connectivity index (χ0n) is 14.1. The zero-order valence-corrected chi connectivity index (χ0v) is 15.1. The first-order chi connectivity index (χ1) is 9.74. The van der Waals surface area contributed by atoms with E-state index in [0.717, 1.165) is 12.5 Å². The molecule has 0 spiro atoms. The third kappa shape index (κ3) is 3.63. The van der Waals surface area contributed by atoms with Crippen LogP contribution in [-0.2, 0) is 10.0 Å². The number of benzene rings is 1. The molecule has 124 valence electrons. The Morgan fingerprint density at radius 1 is 1.00 bits per heavy atom. The van der Waals surface area contributed by atoms with Crippen LogP contribution in [0.4, 0.5) is 13.2 Å². The van der Waals surface area contributed by atoms with Crippen LogP contribution in [0.1, 0.15) is 38.8 Å². The van der Waals surface area contributed by atoms with Crippen LogP contribution in [0.5, 0.6) is 0 Å². The molecular weight excluding hydrogens is 305 g/mol. The molecule has 0 aliphatic rings. The summed E-state index contributed by atoms with van der Waals surface area (Å²) in [5.74, 6) is 0. The van der Waals surface area contributed by atoms with E-state index in [9.17, 15) is 13.2 Å². The molecule has 0 saturated carbocycles.